The summed E-state index contributed by atoms with van der Waals surface area (Å²) in [5.41, 5.74) is 0. The van der Waals surface area contributed by atoms with Gasteiger partial charge in [0.25, 0.3) is 0 Å². The quantitative estimate of drug-likeness (QED) is 0.192. The predicted octanol–water partition coefficient (Wildman–Crippen LogP) is 4.98. The summed E-state index contributed by atoms with van der Waals surface area (Å²) in [4.78, 5) is 0. The number of unbranched alkanes of at least 4 members (excludes halogenated alkanes) is 2. The van der Waals surface area contributed by atoms with E-state index in [1.54, 1.807) is 0 Å². The molecule has 0 heterocycles. The normalized spacial score (nSPS) is 16.6. The van der Waals surface area contributed by atoms with Gasteiger partial charge in [-0.1, -0.05) is 25.4 Å². The molecule has 0 saturated heterocycles. The van der Waals surface area contributed by atoms with Crippen LogP contribution in [0.4, 0.5) is 17.6 Å². The zero-order valence-corrected chi connectivity index (χ0v) is 17.7. The molecule has 0 saturated carbocycles. The molecular weight excluding hydrogens is 336 g/mol. The third kappa shape index (κ3) is 16.8. The molecule has 0 nitrogen and oxygen atoms in total. The summed E-state index contributed by atoms with van der Waals surface area (Å²) in [5, 5.41) is 0. The Bertz CT molecular complexity index is 245. The van der Waals surface area contributed by atoms with Gasteiger partial charge < -0.3 is 0 Å². The lowest BCUT2D eigenvalue weighted by molar-refractivity contribution is 0.322. The Labute approximate surface area is 144 Å². The molecule has 6 heteroatoms. The highest BCUT2D eigenvalue weighted by Crippen LogP contribution is 2.16. The van der Waals surface area contributed by atoms with Crippen LogP contribution >= 0.6 is 0 Å². The van der Waals surface area contributed by atoms with E-state index in [4.69, 9.17) is 0 Å². The highest BCUT2D eigenvalue weighted by Gasteiger charge is 2.10. The minimum atomic E-state index is -0.716. The Balaban J connectivity index is 3.41. The second-order valence-electron chi connectivity index (χ2n) is 6.88. The minimum absolute atomic E-state index is 0.329. The van der Waals surface area contributed by atoms with Crippen LogP contribution in [0.3, 0.4) is 0 Å². The molecule has 0 radical (unpaired) electrons. The maximum atomic E-state index is 13.6. The van der Waals surface area contributed by atoms with Gasteiger partial charge in [0.2, 0.25) is 0 Å². The van der Waals surface area contributed by atoms with Crippen molar-refractivity contribution in [3.05, 3.63) is 0 Å². The van der Waals surface area contributed by atoms with Gasteiger partial charge in [-0.05, 0) is 56.5 Å². The minimum Gasteiger partial charge on any atom is -0.251 e. The molecule has 0 aromatic heterocycles. The van der Waals surface area contributed by atoms with Gasteiger partial charge in [0.05, 0.1) is 25.7 Å². The van der Waals surface area contributed by atoms with Crippen molar-refractivity contribution in [1.29, 1.82) is 0 Å². The highest BCUT2D eigenvalue weighted by atomic mass is 28.2. The Morgan fingerprint density at radius 3 is 1.74 bits per heavy atom. The largest absolute Gasteiger partial charge is 0.251 e. The van der Waals surface area contributed by atoms with Crippen molar-refractivity contribution in [2.75, 3.05) is 13.3 Å². The SMILES string of the molecule is CC(CC[SiH2]CC(F)CCCCF)C[SiH2]CC(F)CCCCF. The van der Waals surface area contributed by atoms with Crippen molar-refractivity contribution in [1.82, 2.24) is 0 Å². The second kappa shape index (κ2) is 17.0. The van der Waals surface area contributed by atoms with Crippen molar-refractivity contribution in [3.63, 3.8) is 0 Å². The first-order valence-corrected chi connectivity index (χ1v) is 13.5. The number of hydrogen-bond acceptors (Lipinski definition) is 0. The van der Waals surface area contributed by atoms with Gasteiger partial charge in [-0.25, -0.2) is 8.78 Å². The molecule has 3 atom stereocenters. The van der Waals surface area contributed by atoms with Crippen LogP contribution in [0.15, 0.2) is 0 Å². The molecule has 0 aromatic rings. The monoisotopic (exact) mass is 372 g/mol. The van der Waals surface area contributed by atoms with Gasteiger partial charge in [-0.3, -0.25) is 8.78 Å². The summed E-state index contributed by atoms with van der Waals surface area (Å²) in [6.45, 7) is 1.56. The van der Waals surface area contributed by atoms with E-state index < -0.39 is 12.3 Å². The molecule has 0 fully saturated rings. The predicted molar refractivity (Wildman–Crippen MR) is 99.5 cm³/mol. The third-order valence-electron chi connectivity index (χ3n) is 4.48. The highest BCUT2D eigenvalue weighted by molar-refractivity contribution is 6.36. The third-order valence-corrected chi connectivity index (χ3v) is 8.85. The van der Waals surface area contributed by atoms with Crippen molar-refractivity contribution < 1.29 is 17.6 Å². The van der Waals surface area contributed by atoms with Gasteiger partial charge in [-0.2, -0.15) is 0 Å². The Morgan fingerprint density at radius 2 is 1.22 bits per heavy atom. The lowest BCUT2D eigenvalue weighted by Crippen LogP contribution is -2.09. The summed E-state index contributed by atoms with van der Waals surface area (Å²) in [6, 6.07) is 3.81. The van der Waals surface area contributed by atoms with E-state index in [1.165, 1.54) is 12.1 Å². The zero-order valence-electron chi connectivity index (χ0n) is 14.9. The van der Waals surface area contributed by atoms with Crippen molar-refractivity contribution in [3.8, 4) is 0 Å². The van der Waals surface area contributed by atoms with Crippen molar-refractivity contribution >= 4 is 19.0 Å². The standard InChI is InChI=1S/C17H36F4Si2/c1-15(12-23-14-17(21)7-3-5-10-19)8-11-22-13-16(20)6-2-4-9-18/h15-17H,2-14,22-23H2,1H3. The van der Waals surface area contributed by atoms with E-state index in [0.29, 0.717) is 44.4 Å². The van der Waals surface area contributed by atoms with Crippen LogP contribution in [0.2, 0.25) is 24.2 Å². The number of alkyl halides is 4. The average Bonchev–Trinajstić information content (AvgIpc) is 2.52. The fraction of sp³-hybridized carbons (Fsp3) is 1.00. The summed E-state index contributed by atoms with van der Waals surface area (Å²) < 4.78 is 50.9. The van der Waals surface area contributed by atoms with E-state index in [2.05, 4.69) is 6.92 Å². The van der Waals surface area contributed by atoms with Crippen molar-refractivity contribution in [2.45, 2.75) is 88.4 Å². The maximum absolute atomic E-state index is 13.6. The first-order valence-electron chi connectivity index (χ1n) is 9.50. The fourth-order valence-electron chi connectivity index (χ4n) is 2.90. The zero-order chi connectivity index (χ0) is 17.3. The molecule has 0 rings (SSSR count). The molecule has 0 amide bonds. The molecule has 0 spiro atoms. The number of rotatable bonds is 17. The maximum Gasteiger partial charge on any atom is 0.0973 e. The molecule has 0 N–H and O–H groups in total. The molecule has 3 unspecified atom stereocenters. The molecule has 0 aliphatic heterocycles. The Hall–Kier alpha value is 0.154. The first kappa shape index (κ1) is 23.2. The van der Waals surface area contributed by atoms with E-state index in [0.717, 1.165) is 18.5 Å². The van der Waals surface area contributed by atoms with E-state index in [1.807, 2.05) is 0 Å². The topological polar surface area (TPSA) is 0 Å². The van der Waals surface area contributed by atoms with Crippen LogP contribution in [0, 0.1) is 5.92 Å². The summed E-state index contributed by atoms with van der Waals surface area (Å²) >= 11 is 0. The van der Waals surface area contributed by atoms with Crippen LogP contribution in [0.5, 0.6) is 0 Å². The van der Waals surface area contributed by atoms with Crippen LogP contribution in [0.1, 0.15) is 51.9 Å². The Kier molecular flexibility index (Phi) is 17.1. The molecule has 0 bridgehead atoms. The van der Waals surface area contributed by atoms with Gasteiger partial charge in [0, 0.05) is 19.0 Å². The molecule has 23 heavy (non-hydrogen) atoms. The summed E-state index contributed by atoms with van der Waals surface area (Å²) in [6.07, 6.45) is 3.11. The fourth-order valence-corrected chi connectivity index (χ4v) is 6.86. The van der Waals surface area contributed by atoms with Crippen LogP contribution in [0.25, 0.3) is 0 Å². The van der Waals surface area contributed by atoms with Crippen LogP contribution in [-0.4, -0.2) is 44.7 Å². The van der Waals surface area contributed by atoms with E-state index in [9.17, 15) is 17.6 Å². The summed E-state index contributed by atoms with van der Waals surface area (Å²) in [5.74, 6) is 0.650. The number of hydrogen-bond donors (Lipinski definition) is 0. The number of halogens is 4. The average molecular weight is 373 g/mol. The Morgan fingerprint density at radius 1 is 0.696 bits per heavy atom. The van der Waals surface area contributed by atoms with Gasteiger partial charge in [0.15, 0.2) is 0 Å². The van der Waals surface area contributed by atoms with E-state index >= 15 is 0 Å². The molecule has 140 valence electrons. The smallest absolute Gasteiger partial charge is 0.0973 e. The van der Waals surface area contributed by atoms with Crippen LogP contribution in [-0.2, 0) is 0 Å². The van der Waals surface area contributed by atoms with E-state index in [-0.39, 0.29) is 32.4 Å². The summed E-state index contributed by atoms with van der Waals surface area (Å²) in [7, 11) is -0.674. The van der Waals surface area contributed by atoms with Crippen LogP contribution < -0.4 is 0 Å². The molecule has 0 aliphatic rings. The van der Waals surface area contributed by atoms with Gasteiger partial charge in [-0.15, -0.1) is 0 Å². The molecular formula is C17H36F4Si2. The van der Waals surface area contributed by atoms with Gasteiger partial charge >= 0.3 is 0 Å². The lowest BCUT2D eigenvalue weighted by atomic mass is 10.2. The lowest BCUT2D eigenvalue weighted by Gasteiger charge is -2.13. The molecule has 0 aliphatic carbocycles. The first-order chi connectivity index (χ1) is 11.1. The van der Waals surface area contributed by atoms with Gasteiger partial charge in [0.1, 0.15) is 0 Å². The van der Waals surface area contributed by atoms with Crippen molar-refractivity contribution in [2.24, 2.45) is 5.92 Å². The second-order valence-corrected chi connectivity index (χ2v) is 10.7. The molecule has 0 aromatic carbocycles.